The zero-order chi connectivity index (χ0) is 21.3. The van der Waals surface area contributed by atoms with Gasteiger partial charge in [0.15, 0.2) is 0 Å². The van der Waals surface area contributed by atoms with Crippen molar-refractivity contribution < 1.29 is 14.0 Å². The molecule has 1 aliphatic carbocycles. The Balaban J connectivity index is 1.52. The van der Waals surface area contributed by atoms with Crippen LogP contribution in [0.5, 0.6) is 0 Å². The molecule has 2 fully saturated rings. The molecule has 5 heteroatoms. The molecule has 3 atom stereocenters. The Kier molecular flexibility index (Phi) is 5.89. The second-order valence-electron chi connectivity index (χ2n) is 8.80. The highest BCUT2D eigenvalue weighted by Crippen LogP contribution is 2.36. The Bertz CT molecular complexity index is 926. The Hall–Kier alpha value is -2.69. The van der Waals surface area contributed by atoms with Gasteiger partial charge in [-0.1, -0.05) is 42.5 Å². The van der Waals surface area contributed by atoms with E-state index in [0.29, 0.717) is 25.1 Å². The Morgan fingerprint density at radius 3 is 2.47 bits per heavy atom. The van der Waals surface area contributed by atoms with E-state index < -0.39 is 0 Å². The minimum absolute atomic E-state index is 0.0246. The Morgan fingerprint density at radius 2 is 1.80 bits per heavy atom. The molecule has 30 heavy (non-hydrogen) atoms. The van der Waals surface area contributed by atoms with E-state index in [9.17, 15) is 14.0 Å². The van der Waals surface area contributed by atoms with Gasteiger partial charge in [-0.05, 0) is 55.9 Å². The van der Waals surface area contributed by atoms with Crippen LogP contribution in [0.25, 0.3) is 0 Å². The largest absolute Gasteiger partial charge is 0.349 e. The molecule has 1 heterocycles. The van der Waals surface area contributed by atoms with Crippen LogP contribution >= 0.6 is 0 Å². The van der Waals surface area contributed by atoms with Crippen molar-refractivity contribution >= 4 is 11.8 Å². The number of nitrogens with zero attached hydrogens (tertiary/aromatic N) is 1. The van der Waals surface area contributed by atoms with Crippen molar-refractivity contribution in [2.75, 3.05) is 13.1 Å². The second-order valence-corrected chi connectivity index (χ2v) is 8.80. The minimum Gasteiger partial charge on any atom is -0.349 e. The Morgan fingerprint density at radius 1 is 1.07 bits per heavy atom. The fourth-order valence-corrected chi connectivity index (χ4v) is 4.38. The van der Waals surface area contributed by atoms with Gasteiger partial charge in [-0.25, -0.2) is 4.39 Å². The number of carbonyl (C=O) groups excluding carboxylic acids is 2. The molecule has 2 amide bonds. The van der Waals surface area contributed by atoms with E-state index in [0.717, 1.165) is 24.0 Å². The highest BCUT2D eigenvalue weighted by Gasteiger charge is 2.40. The molecule has 0 unspecified atom stereocenters. The quantitative estimate of drug-likeness (QED) is 0.799. The zero-order valence-electron chi connectivity index (χ0n) is 17.6. The number of halogens is 1. The molecule has 1 N–H and O–H groups in total. The van der Waals surface area contributed by atoms with E-state index >= 15 is 0 Å². The third-order valence-corrected chi connectivity index (χ3v) is 6.37. The summed E-state index contributed by atoms with van der Waals surface area (Å²) < 4.78 is 13.8. The first-order chi connectivity index (χ1) is 14.4. The van der Waals surface area contributed by atoms with E-state index in [4.69, 9.17) is 0 Å². The summed E-state index contributed by atoms with van der Waals surface area (Å²) >= 11 is 0. The van der Waals surface area contributed by atoms with Crippen LogP contribution < -0.4 is 5.32 Å². The number of hydrogen-bond acceptors (Lipinski definition) is 2. The Labute approximate surface area is 177 Å². The standard InChI is InChI=1S/C25H29FN2O2/c1-16-12-20(10-11-23(16)26)21-13-22(15-28(14-21)25(30)19-8-9-19)24(29)27-17(2)18-6-4-3-5-7-18/h3-7,10-12,17,19,21-22H,8-9,13-15H2,1-2H3,(H,27,29)/t17-,21-,22+/m1/s1. The summed E-state index contributed by atoms with van der Waals surface area (Å²) in [5.74, 6) is -0.223. The van der Waals surface area contributed by atoms with Gasteiger partial charge in [-0.2, -0.15) is 0 Å². The van der Waals surface area contributed by atoms with Gasteiger partial charge in [0.25, 0.3) is 0 Å². The smallest absolute Gasteiger partial charge is 0.225 e. The number of benzene rings is 2. The van der Waals surface area contributed by atoms with Crippen molar-refractivity contribution in [2.45, 2.75) is 45.1 Å². The average Bonchev–Trinajstić information content (AvgIpc) is 3.61. The fraction of sp³-hybridized carbons (Fsp3) is 0.440. The van der Waals surface area contributed by atoms with E-state index in [1.807, 2.05) is 48.2 Å². The van der Waals surface area contributed by atoms with Crippen LogP contribution in [-0.4, -0.2) is 29.8 Å². The first-order valence-electron chi connectivity index (χ1n) is 10.8. The lowest BCUT2D eigenvalue weighted by Gasteiger charge is -2.38. The van der Waals surface area contributed by atoms with Gasteiger partial charge in [0.05, 0.1) is 12.0 Å². The molecule has 2 aromatic carbocycles. The lowest BCUT2D eigenvalue weighted by atomic mass is 9.83. The zero-order valence-corrected chi connectivity index (χ0v) is 17.6. The molecule has 158 valence electrons. The monoisotopic (exact) mass is 408 g/mol. The van der Waals surface area contributed by atoms with Gasteiger partial charge >= 0.3 is 0 Å². The van der Waals surface area contributed by atoms with E-state index in [2.05, 4.69) is 5.32 Å². The molecule has 0 spiro atoms. The second kappa shape index (κ2) is 8.58. The SMILES string of the molecule is Cc1cc([C@@H]2C[C@H](C(=O)N[C@H](C)c3ccccc3)CN(C(=O)C3CC3)C2)ccc1F. The predicted molar refractivity (Wildman–Crippen MR) is 114 cm³/mol. The summed E-state index contributed by atoms with van der Waals surface area (Å²) in [6.07, 6.45) is 2.54. The third kappa shape index (κ3) is 4.55. The van der Waals surface area contributed by atoms with Crippen LogP contribution in [0.1, 0.15) is 54.8 Å². The minimum atomic E-state index is -0.275. The van der Waals surface area contributed by atoms with Crippen LogP contribution in [0, 0.1) is 24.6 Å². The number of nitrogens with one attached hydrogen (secondary N) is 1. The number of carbonyl (C=O) groups is 2. The summed E-state index contributed by atoms with van der Waals surface area (Å²) in [5, 5.41) is 3.13. The molecule has 1 aliphatic heterocycles. The lowest BCUT2D eigenvalue weighted by molar-refractivity contribution is -0.137. The van der Waals surface area contributed by atoms with E-state index in [1.54, 1.807) is 13.0 Å². The van der Waals surface area contributed by atoms with Crippen molar-refractivity contribution in [1.82, 2.24) is 10.2 Å². The summed E-state index contributed by atoms with van der Waals surface area (Å²) in [7, 11) is 0. The van der Waals surface area contributed by atoms with Gasteiger partial charge in [-0.15, -0.1) is 0 Å². The van der Waals surface area contributed by atoms with Crippen LogP contribution in [0.4, 0.5) is 4.39 Å². The van der Waals surface area contributed by atoms with Crippen LogP contribution in [-0.2, 0) is 9.59 Å². The van der Waals surface area contributed by atoms with Crippen LogP contribution in [0.2, 0.25) is 0 Å². The molecule has 4 nitrogen and oxygen atoms in total. The maximum atomic E-state index is 13.8. The highest BCUT2D eigenvalue weighted by atomic mass is 19.1. The topological polar surface area (TPSA) is 49.4 Å². The average molecular weight is 409 g/mol. The maximum absolute atomic E-state index is 13.8. The highest BCUT2D eigenvalue weighted by molar-refractivity contribution is 5.84. The summed E-state index contributed by atoms with van der Waals surface area (Å²) in [6, 6.07) is 14.9. The van der Waals surface area contributed by atoms with Crippen molar-refractivity contribution in [3.05, 3.63) is 71.0 Å². The molecule has 0 bridgehead atoms. The predicted octanol–water partition coefficient (Wildman–Crippen LogP) is 4.35. The normalized spacial score (nSPS) is 22.4. The summed E-state index contributed by atoms with van der Waals surface area (Å²) in [5.41, 5.74) is 2.64. The van der Waals surface area contributed by atoms with Crippen LogP contribution in [0.15, 0.2) is 48.5 Å². The van der Waals surface area contributed by atoms with Gasteiger partial charge in [0.1, 0.15) is 5.82 Å². The van der Waals surface area contributed by atoms with E-state index in [1.165, 1.54) is 6.07 Å². The van der Waals surface area contributed by atoms with Gasteiger partial charge in [0.2, 0.25) is 11.8 Å². The van der Waals surface area contributed by atoms with Gasteiger partial charge < -0.3 is 10.2 Å². The molecule has 0 aromatic heterocycles. The van der Waals surface area contributed by atoms with Gasteiger partial charge in [0, 0.05) is 24.9 Å². The summed E-state index contributed by atoms with van der Waals surface area (Å²) in [4.78, 5) is 27.8. The van der Waals surface area contributed by atoms with Crippen molar-refractivity contribution in [2.24, 2.45) is 11.8 Å². The third-order valence-electron chi connectivity index (χ3n) is 6.37. The first kappa shape index (κ1) is 20.6. The molecule has 2 aromatic rings. The molecule has 0 radical (unpaired) electrons. The molecule has 4 rings (SSSR count). The van der Waals surface area contributed by atoms with E-state index in [-0.39, 0.29) is 41.4 Å². The molecular formula is C25H29FN2O2. The number of hydrogen-bond donors (Lipinski definition) is 1. The maximum Gasteiger partial charge on any atom is 0.225 e. The number of rotatable bonds is 5. The molecular weight excluding hydrogens is 379 g/mol. The fourth-order valence-electron chi connectivity index (χ4n) is 4.38. The molecule has 2 aliphatic rings. The van der Waals surface area contributed by atoms with Crippen molar-refractivity contribution in [3.63, 3.8) is 0 Å². The molecule has 1 saturated carbocycles. The van der Waals surface area contributed by atoms with Gasteiger partial charge in [-0.3, -0.25) is 9.59 Å². The number of likely N-dealkylation sites (tertiary alicyclic amines) is 1. The van der Waals surface area contributed by atoms with Crippen molar-refractivity contribution in [3.8, 4) is 0 Å². The number of aryl methyl sites for hydroxylation is 1. The first-order valence-corrected chi connectivity index (χ1v) is 10.8. The van der Waals surface area contributed by atoms with Crippen molar-refractivity contribution in [1.29, 1.82) is 0 Å². The number of amides is 2. The molecule has 1 saturated heterocycles. The lowest BCUT2D eigenvalue weighted by Crippen LogP contribution is -2.48. The van der Waals surface area contributed by atoms with Crippen LogP contribution in [0.3, 0.4) is 0 Å². The summed E-state index contributed by atoms with van der Waals surface area (Å²) in [6.45, 7) is 4.78. The number of piperidine rings is 1.